The fourth-order valence-electron chi connectivity index (χ4n) is 3.10. The molecular weight excluding hydrogens is 464 g/mol. The Labute approximate surface area is 220 Å². The highest BCUT2D eigenvalue weighted by Gasteiger charge is 2.05. The molecule has 2 unspecified atom stereocenters. The largest absolute Gasteiger partial charge is 0.466 e. The first-order chi connectivity index (χ1) is 17.5. The van der Waals surface area contributed by atoms with Crippen LogP contribution in [0.1, 0.15) is 117 Å². The minimum absolute atomic E-state index is 0.0129. The first-order valence-corrected chi connectivity index (χ1v) is 14.1. The Hall–Kier alpha value is -1.03. The SMILES string of the molecule is CCCCCCCC/C=C\CCCCCCCC(=O)OCCCC.OCC(O)COOCC(O)CO. The van der Waals surface area contributed by atoms with E-state index < -0.39 is 25.4 Å². The van der Waals surface area contributed by atoms with Gasteiger partial charge in [0.25, 0.3) is 0 Å². The molecule has 4 N–H and O–H groups in total. The number of allylic oxidation sites excluding steroid dienone is 2. The number of hydrogen-bond donors (Lipinski definition) is 4. The molecule has 0 spiro atoms. The van der Waals surface area contributed by atoms with E-state index in [-0.39, 0.29) is 19.2 Å². The van der Waals surface area contributed by atoms with Crippen LogP contribution < -0.4 is 0 Å². The monoisotopic (exact) mass is 520 g/mol. The van der Waals surface area contributed by atoms with Crippen LogP contribution >= 0.6 is 0 Å². The summed E-state index contributed by atoms with van der Waals surface area (Å²) in [6.45, 7) is 3.81. The first-order valence-electron chi connectivity index (χ1n) is 14.1. The summed E-state index contributed by atoms with van der Waals surface area (Å²) in [6.07, 6.45) is 22.2. The Kier molecular flexibility index (Phi) is 33.0. The van der Waals surface area contributed by atoms with Crippen LogP contribution in [0.5, 0.6) is 0 Å². The van der Waals surface area contributed by atoms with Crippen molar-refractivity contribution in [3.8, 4) is 0 Å². The molecule has 8 nitrogen and oxygen atoms in total. The summed E-state index contributed by atoms with van der Waals surface area (Å²) >= 11 is 0. The third-order valence-electron chi connectivity index (χ3n) is 5.43. The summed E-state index contributed by atoms with van der Waals surface area (Å²) in [5.74, 6) is -0.0129. The molecule has 0 amide bonds. The normalized spacial score (nSPS) is 12.8. The summed E-state index contributed by atoms with van der Waals surface area (Å²) in [4.78, 5) is 20.2. The van der Waals surface area contributed by atoms with E-state index in [4.69, 9.17) is 25.2 Å². The van der Waals surface area contributed by atoms with Crippen molar-refractivity contribution in [3.05, 3.63) is 12.2 Å². The number of carbonyl (C=O) groups is 1. The molecule has 0 saturated carbocycles. The number of esters is 1. The molecule has 8 heteroatoms. The van der Waals surface area contributed by atoms with Gasteiger partial charge in [-0.1, -0.05) is 83.8 Å². The van der Waals surface area contributed by atoms with Gasteiger partial charge in [0.15, 0.2) is 0 Å². The van der Waals surface area contributed by atoms with Crippen molar-refractivity contribution in [2.24, 2.45) is 0 Å². The van der Waals surface area contributed by atoms with E-state index in [1.807, 2.05) is 0 Å². The van der Waals surface area contributed by atoms with E-state index in [0.29, 0.717) is 13.0 Å². The third kappa shape index (κ3) is 33.0. The van der Waals surface area contributed by atoms with E-state index in [2.05, 4.69) is 35.8 Å². The van der Waals surface area contributed by atoms with Gasteiger partial charge in [0.1, 0.15) is 25.4 Å². The molecule has 0 aromatic rings. The number of aliphatic hydroxyl groups is 4. The third-order valence-corrected chi connectivity index (χ3v) is 5.43. The Morgan fingerprint density at radius 2 is 1.11 bits per heavy atom. The van der Waals surface area contributed by atoms with Crippen molar-refractivity contribution in [1.82, 2.24) is 0 Å². The lowest BCUT2D eigenvalue weighted by Gasteiger charge is -2.09. The maximum absolute atomic E-state index is 11.4. The number of ether oxygens (including phenoxy) is 1. The molecule has 0 aliphatic carbocycles. The second kappa shape index (κ2) is 32.0. The number of carbonyl (C=O) groups excluding carboxylic acids is 1. The summed E-state index contributed by atoms with van der Waals surface area (Å²) in [6, 6.07) is 0. The molecule has 0 aliphatic rings. The van der Waals surface area contributed by atoms with Crippen molar-refractivity contribution in [2.75, 3.05) is 33.0 Å². The maximum atomic E-state index is 11.4. The van der Waals surface area contributed by atoms with Gasteiger partial charge in [-0.2, -0.15) is 0 Å². The van der Waals surface area contributed by atoms with Gasteiger partial charge >= 0.3 is 5.97 Å². The van der Waals surface area contributed by atoms with Gasteiger partial charge in [-0.3, -0.25) is 4.79 Å². The molecule has 0 fully saturated rings. The van der Waals surface area contributed by atoms with Gasteiger partial charge in [0, 0.05) is 6.42 Å². The summed E-state index contributed by atoms with van der Waals surface area (Å²) in [5, 5.41) is 34.1. The van der Waals surface area contributed by atoms with Gasteiger partial charge in [-0.15, -0.1) is 0 Å². The Morgan fingerprint density at radius 1 is 0.667 bits per heavy atom. The molecule has 0 aliphatic heterocycles. The molecular formula is C28H56O8. The van der Waals surface area contributed by atoms with E-state index in [1.54, 1.807) is 0 Å². The minimum atomic E-state index is -0.990. The summed E-state index contributed by atoms with van der Waals surface area (Å²) in [5.41, 5.74) is 0. The highest BCUT2D eigenvalue weighted by molar-refractivity contribution is 5.69. The quantitative estimate of drug-likeness (QED) is 0.0435. The molecule has 0 bridgehead atoms. The van der Waals surface area contributed by atoms with Gasteiger partial charge in [0.2, 0.25) is 0 Å². The zero-order valence-electron chi connectivity index (χ0n) is 23.1. The number of hydrogen-bond acceptors (Lipinski definition) is 8. The molecule has 2 atom stereocenters. The van der Waals surface area contributed by atoms with Crippen LogP contribution in [0.2, 0.25) is 0 Å². The molecule has 0 aromatic heterocycles. The van der Waals surface area contributed by atoms with Crippen LogP contribution in [0.4, 0.5) is 0 Å². The van der Waals surface area contributed by atoms with Gasteiger partial charge in [-0.05, 0) is 38.5 Å². The lowest BCUT2D eigenvalue weighted by molar-refractivity contribution is -0.316. The molecule has 0 saturated heterocycles. The second-order valence-corrected chi connectivity index (χ2v) is 9.15. The van der Waals surface area contributed by atoms with Crippen LogP contribution in [0, 0.1) is 0 Å². The summed E-state index contributed by atoms with van der Waals surface area (Å²) < 4.78 is 5.15. The molecule has 216 valence electrons. The topological polar surface area (TPSA) is 126 Å². The number of aliphatic hydroxyl groups excluding tert-OH is 4. The fourth-order valence-corrected chi connectivity index (χ4v) is 3.10. The number of unbranched alkanes of at least 4 members (excludes halogenated alkanes) is 12. The zero-order valence-corrected chi connectivity index (χ0v) is 23.1. The van der Waals surface area contributed by atoms with Crippen molar-refractivity contribution in [3.63, 3.8) is 0 Å². The number of rotatable bonds is 25. The highest BCUT2D eigenvalue weighted by Crippen LogP contribution is 2.10. The average molecular weight is 521 g/mol. The molecule has 0 heterocycles. The van der Waals surface area contributed by atoms with Crippen LogP contribution in [0.15, 0.2) is 12.2 Å². The predicted molar refractivity (Wildman–Crippen MR) is 143 cm³/mol. The molecule has 36 heavy (non-hydrogen) atoms. The Morgan fingerprint density at radius 3 is 1.58 bits per heavy atom. The average Bonchev–Trinajstić information content (AvgIpc) is 2.89. The maximum Gasteiger partial charge on any atom is 0.305 e. The van der Waals surface area contributed by atoms with Crippen molar-refractivity contribution in [2.45, 2.75) is 129 Å². The van der Waals surface area contributed by atoms with Crippen molar-refractivity contribution < 1.29 is 39.7 Å². The lowest BCUT2D eigenvalue weighted by Crippen LogP contribution is -2.23. The Bertz CT molecular complexity index is 447. The lowest BCUT2D eigenvalue weighted by atomic mass is 10.1. The zero-order chi connectivity index (χ0) is 27.1. The molecule has 0 rings (SSSR count). The van der Waals surface area contributed by atoms with Crippen LogP contribution in [0.3, 0.4) is 0 Å². The second-order valence-electron chi connectivity index (χ2n) is 9.15. The minimum Gasteiger partial charge on any atom is -0.466 e. The molecule has 0 aromatic carbocycles. The Balaban J connectivity index is 0. The first kappa shape index (κ1) is 37.1. The highest BCUT2D eigenvalue weighted by atomic mass is 17.2. The van der Waals surface area contributed by atoms with E-state index in [0.717, 1.165) is 25.7 Å². The van der Waals surface area contributed by atoms with Gasteiger partial charge in [-0.25, -0.2) is 9.78 Å². The molecule has 0 radical (unpaired) electrons. The van der Waals surface area contributed by atoms with Gasteiger partial charge < -0.3 is 25.2 Å². The standard InChI is InChI=1S/C22H42O2.C6H14O6/c1-3-5-7-8-9-10-11-12-13-14-15-16-17-18-19-20-22(23)24-21-6-4-2;7-1-5(9)3-11-12-4-6(10)2-8/h12-13H,3-11,14-21H2,1-2H3;5-10H,1-4H2/b13-12-;. The fraction of sp³-hybridized carbons (Fsp3) is 0.893. The smallest absolute Gasteiger partial charge is 0.305 e. The van der Waals surface area contributed by atoms with E-state index in [1.165, 1.54) is 70.6 Å². The van der Waals surface area contributed by atoms with Gasteiger partial charge in [0.05, 0.1) is 19.8 Å². The van der Waals surface area contributed by atoms with Crippen LogP contribution in [-0.2, 0) is 19.3 Å². The van der Waals surface area contributed by atoms with Crippen LogP contribution in [0.25, 0.3) is 0 Å². The van der Waals surface area contributed by atoms with Crippen LogP contribution in [-0.4, -0.2) is 71.6 Å². The predicted octanol–water partition coefficient (Wildman–Crippen LogP) is 5.01. The summed E-state index contributed by atoms with van der Waals surface area (Å²) in [7, 11) is 0. The van der Waals surface area contributed by atoms with E-state index in [9.17, 15) is 4.79 Å². The van der Waals surface area contributed by atoms with Crippen molar-refractivity contribution >= 4 is 5.97 Å². The van der Waals surface area contributed by atoms with Crippen molar-refractivity contribution in [1.29, 1.82) is 0 Å². The van der Waals surface area contributed by atoms with E-state index >= 15 is 0 Å².